The molecule has 3 heterocycles. The van der Waals surface area contributed by atoms with Crippen molar-refractivity contribution in [1.82, 2.24) is 14.8 Å². The van der Waals surface area contributed by atoms with Crippen LogP contribution in [-0.2, 0) is 16.7 Å². The molecule has 0 aliphatic carbocycles. The molecule has 4 rings (SSSR count). The number of nitrogens with zero attached hydrogens (tertiary/aromatic N) is 2. The predicted octanol–water partition coefficient (Wildman–Crippen LogP) is 2.06. The molecule has 1 amide bonds. The van der Waals surface area contributed by atoms with Gasteiger partial charge in [-0.15, -0.1) is 0 Å². The highest BCUT2D eigenvalue weighted by Gasteiger charge is 2.45. The van der Waals surface area contributed by atoms with Crippen LogP contribution in [0, 0.1) is 0 Å². The van der Waals surface area contributed by atoms with Gasteiger partial charge >= 0.3 is 6.18 Å². The van der Waals surface area contributed by atoms with Crippen LogP contribution in [0.5, 0.6) is 5.75 Å². The van der Waals surface area contributed by atoms with E-state index in [1.807, 2.05) is 4.90 Å². The van der Waals surface area contributed by atoms with Crippen molar-refractivity contribution in [2.75, 3.05) is 39.9 Å². The fourth-order valence-electron chi connectivity index (χ4n) is 4.11. The predicted molar refractivity (Wildman–Crippen MR) is 111 cm³/mol. The van der Waals surface area contributed by atoms with Gasteiger partial charge in [0.25, 0.3) is 11.5 Å². The molecule has 2 fully saturated rings. The lowest BCUT2D eigenvalue weighted by molar-refractivity contribution is -0.266. The molecular weight excluding hydrogens is 467 g/mol. The van der Waals surface area contributed by atoms with Gasteiger partial charge in [-0.2, -0.15) is 13.2 Å². The van der Waals surface area contributed by atoms with E-state index in [1.165, 1.54) is 7.11 Å². The van der Waals surface area contributed by atoms with Gasteiger partial charge in [-0.25, -0.2) is 0 Å². The molecule has 33 heavy (non-hydrogen) atoms. The number of hydrogen-bond donors (Lipinski definition) is 2. The number of benzene rings is 1. The van der Waals surface area contributed by atoms with E-state index in [1.54, 1.807) is 28.1 Å². The molecule has 2 N–H and O–H groups in total. The Morgan fingerprint density at radius 2 is 2.06 bits per heavy atom. The number of carbonyl (C=O) groups excluding carboxylic acids is 1. The number of amides is 1. The van der Waals surface area contributed by atoms with Gasteiger partial charge in [0.05, 0.1) is 42.5 Å². The van der Waals surface area contributed by atoms with Crippen LogP contribution in [0.3, 0.4) is 0 Å². The van der Waals surface area contributed by atoms with E-state index >= 15 is 0 Å². The summed E-state index contributed by atoms with van der Waals surface area (Å²) >= 11 is 6.28. The Kier molecular flexibility index (Phi) is 6.16. The number of H-pyrrole nitrogens is 1. The molecular formula is C21H21ClF3N3O5. The summed E-state index contributed by atoms with van der Waals surface area (Å²) < 4.78 is 49.2. The lowest BCUT2D eigenvalue weighted by Crippen LogP contribution is -2.64. The number of methoxy groups -OCH3 is 1. The molecule has 1 aromatic carbocycles. The summed E-state index contributed by atoms with van der Waals surface area (Å²) in [5.74, 6) is -1.97. The number of hydrogen-bond acceptors (Lipinski definition) is 6. The van der Waals surface area contributed by atoms with E-state index in [4.69, 9.17) is 21.1 Å². The summed E-state index contributed by atoms with van der Waals surface area (Å²) in [6, 6.07) is 6.26. The normalized spacial score (nSPS) is 23.8. The average Bonchev–Trinajstić information content (AvgIpc) is 2.77. The minimum absolute atomic E-state index is 0.0351. The number of piperazine rings is 1. The molecule has 178 valence electrons. The van der Waals surface area contributed by atoms with Crippen molar-refractivity contribution in [1.29, 1.82) is 0 Å². The van der Waals surface area contributed by atoms with Crippen LogP contribution in [0.2, 0.25) is 5.02 Å². The number of pyridine rings is 1. The molecule has 2 aromatic rings. The number of aliphatic hydroxyl groups is 1. The second-order valence-corrected chi connectivity index (χ2v) is 8.28. The Morgan fingerprint density at radius 1 is 1.30 bits per heavy atom. The first-order valence-electron chi connectivity index (χ1n) is 10.1. The SMILES string of the molecule is COc1cccc(C(=O)N2CCN3C[C@@](O)(c4ccc(C(F)(F)F)[nH]c4=O)OC[C@@H]3C2)c1Cl. The molecule has 0 unspecified atom stereocenters. The van der Waals surface area contributed by atoms with E-state index < -0.39 is 23.2 Å². The molecule has 0 radical (unpaired) electrons. The average molecular weight is 488 g/mol. The number of ether oxygens (including phenoxy) is 2. The van der Waals surface area contributed by atoms with Gasteiger partial charge in [0, 0.05) is 19.6 Å². The summed E-state index contributed by atoms with van der Waals surface area (Å²) in [4.78, 5) is 30.5. The van der Waals surface area contributed by atoms with Gasteiger partial charge < -0.3 is 24.5 Å². The standard InChI is InChI=1S/C21H21ClF3N3O5/c1-32-15-4-2-3-13(17(15)22)19(30)27-7-8-28-11-20(31,33-10-12(28)9-27)14-5-6-16(21(23,24)25)26-18(14)29/h2-6,12,31H,7-11H2,1H3,(H,26,29)/t12-,20-/m0/s1. The molecule has 0 bridgehead atoms. The fourth-order valence-corrected chi connectivity index (χ4v) is 4.40. The van der Waals surface area contributed by atoms with Crippen LogP contribution in [0.4, 0.5) is 13.2 Å². The van der Waals surface area contributed by atoms with Crippen LogP contribution in [0.1, 0.15) is 21.6 Å². The highest BCUT2D eigenvalue weighted by Crippen LogP contribution is 2.33. The van der Waals surface area contributed by atoms with Gasteiger partial charge in [-0.05, 0) is 24.3 Å². The van der Waals surface area contributed by atoms with E-state index in [2.05, 4.69) is 0 Å². The maximum absolute atomic E-state index is 13.0. The summed E-state index contributed by atoms with van der Waals surface area (Å²) in [5, 5.41) is 11.1. The van der Waals surface area contributed by atoms with Crippen molar-refractivity contribution in [3.63, 3.8) is 0 Å². The Labute approximate surface area is 191 Å². The molecule has 1 aromatic heterocycles. The van der Waals surface area contributed by atoms with Crippen molar-refractivity contribution < 1.29 is 32.5 Å². The largest absolute Gasteiger partial charge is 0.495 e. The van der Waals surface area contributed by atoms with Crippen molar-refractivity contribution in [3.8, 4) is 5.75 Å². The Hall–Kier alpha value is -2.60. The highest BCUT2D eigenvalue weighted by atomic mass is 35.5. The molecule has 0 saturated carbocycles. The number of carbonyl (C=O) groups is 1. The van der Waals surface area contributed by atoms with Crippen LogP contribution < -0.4 is 10.3 Å². The Morgan fingerprint density at radius 3 is 2.73 bits per heavy atom. The molecule has 12 heteroatoms. The minimum atomic E-state index is -4.71. The third-order valence-electron chi connectivity index (χ3n) is 5.87. The molecule has 2 aliphatic rings. The Balaban J connectivity index is 1.48. The van der Waals surface area contributed by atoms with Gasteiger partial charge in [0.1, 0.15) is 11.4 Å². The van der Waals surface area contributed by atoms with Crippen LogP contribution >= 0.6 is 11.6 Å². The number of morpholine rings is 1. The summed E-state index contributed by atoms with van der Waals surface area (Å²) in [6.45, 7) is 0.803. The van der Waals surface area contributed by atoms with Crippen molar-refractivity contribution in [3.05, 3.63) is 62.5 Å². The van der Waals surface area contributed by atoms with Crippen LogP contribution in [0.15, 0.2) is 35.1 Å². The number of fused-ring (bicyclic) bond motifs is 1. The van der Waals surface area contributed by atoms with Crippen molar-refractivity contribution in [2.24, 2.45) is 0 Å². The number of nitrogens with one attached hydrogen (secondary N) is 1. The van der Waals surface area contributed by atoms with Crippen LogP contribution in [0.25, 0.3) is 0 Å². The molecule has 0 spiro atoms. The zero-order valence-electron chi connectivity index (χ0n) is 17.5. The maximum atomic E-state index is 13.0. The highest BCUT2D eigenvalue weighted by molar-refractivity contribution is 6.35. The van der Waals surface area contributed by atoms with E-state index in [0.717, 1.165) is 6.07 Å². The lowest BCUT2D eigenvalue weighted by Gasteiger charge is -2.48. The Bertz CT molecular complexity index is 1130. The molecule has 8 nitrogen and oxygen atoms in total. The third kappa shape index (κ3) is 4.45. The zero-order chi connectivity index (χ0) is 24.0. The second-order valence-electron chi connectivity index (χ2n) is 7.91. The zero-order valence-corrected chi connectivity index (χ0v) is 18.2. The molecule has 2 aliphatic heterocycles. The lowest BCUT2D eigenvalue weighted by atomic mass is 10.0. The van der Waals surface area contributed by atoms with Gasteiger partial charge in [-0.3, -0.25) is 14.5 Å². The maximum Gasteiger partial charge on any atom is 0.431 e. The number of halogens is 4. The summed E-state index contributed by atoms with van der Waals surface area (Å²) in [6.07, 6.45) is -4.71. The quantitative estimate of drug-likeness (QED) is 0.688. The minimum Gasteiger partial charge on any atom is -0.495 e. The van der Waals surface area contributed by atoms with Gasteiger partial charge in [-0.1, -0.05) is 17.7 Å². The number of alkyl halides is 3. The smallest absolute Gasteiger partial charge is 0.431 e. The van der Waals surface area contributed by atoms with E-state index in [0.29, 0.717) is 30.5 Å². The second kappa shape index (κ2) is 8.64. The van der Waals surface area contributed by atoms with Gasteiger partial charge in [0.15, 0.2) is 0 Å². The third-order valence-corrected chi connectivity index (χ3v) is 6.26. The van der Waals surface area contributed by atoms with Crippen molar-refractivity contribution >= 4 is 17.5 Å². The first kappa shape index (κ1) is 23.6. The number of aromatic amines is 1. The van der Waals surface area contributed by atoms with E-state index in [9.17, 15) is 27.9 Å². The van der Waals surface area contributed by atoms with Crippen LogP contribution in [-0.4, -0.2) is 71.7 Å². The number of rotatable bonds is 3. The van der Waals surface area contributed by atoms with E-state index in [-0.39, 0.29) is 42.2 Å². The summed E-state index contributed by atoms with van der Waals surface area (Å²) in [5.41, 5.74) is -2.30. The topological polar surface area (TPSA) is 95.1 Å². The molecule has 2 saturated heterocycles. The first-order chi connectivity index (χ1) is 15.5. The first-order valence-corrected chi connectivity index (χ1v) is 10.4. The fraction of sp³-hybridized carbons (Fsp3) is 0.429. The summed E-state index contributed by atoms with van der Waals surface area (Å²) in [7, 11) is 1.45. The van der Waals surface area contributed by atoms with Gasteiger partial charge in [0.2, 0.25) is 5.79 Å². The monoisotopic (exact) mass is 487 g/mol. The molecule has 2 atom stereocenters. The number of aromatic nitrogens is 1. The van der Waals surface area contributed by atoms with Crippen molar-refractivity contribution in [2.45, 2.75) is 18.0 Å².